The number of halogens is 2. The van der Waals surface area contributed by atoms with Crippen molar-refractivity contribution in [3.05, 3.63) is 34.9 Å². The molecule has 0 radical (unpaired) electrons. The van der Waals surface area contributed by atoms with E-state index in [4.69, 9.17) is 26.1 Å². The minimum atomic E-state index is 0. The summed E-state index contributed by atoms with van der Waals surface area (Å²) < 4.78 is 10.8. The number of methoxy groups -OCH3 is 1. The Balaban J connectivity index is 0.00000280. The van der Waals surface area contributed by atoms with E-state index in [2.05, 4.69) is 29.3 Å². The lowest BCUT2D eigenvalue weighted by Crippen LogP contribution is -2.40. The summed E-state index contributed by atoms with van der Waals surface area (Å²) in [6.45, 7) is 7.99. The second-order valence-electron chi connectivity index (χ2n) is 7.63. The molecule has 28 heavy (non-hydrogen) atoms. The zero-order chi connectivity index (χ0) is 19.1. The van der Waals surface area contributed by atoms with E-state index in [0.717, 1.165) is 50.2 Å². The van der Waals surface area contributed by atoms with Gasteiger partial charge in [-0.15, -0.1) is 24.0 Å². The lowest BCUT2D eigenvalue weighted by Gasteiger charge is -2.23. The van der Waals surface area contributed by atoms with Crippen molar-refractivity contribution in [1.82, 2.24) is 10.2 Å². The van der Waals surface area contributed by atoms with Crippen molar-refractivity contribution >= 4 is 41.5 Å². The molecular weight excluding hydrogens is 489 g/mol. The minimum Gasteiger partial charge on any atom is -0.382 e. The molecule has 1 atom stereocenters. The van der Waals surface area contributed by atoms with Crippen LogP contribution in [0, 0.1) is 5.92 Å². The Hall–Kier alpha value is -0.570. The Kier molecular flexibility index (Phi) is 9.80. The molecule has 3 rings (SSSR count). The van der Waals surface area contributed by atoms with Crippen molar-refractivity contribution < 1.29 is 9.47 Å². The summed E-state index contributed by atoms with van der Waals surface area (Å²) in [6.07, 6.45) is 3.52. The molecule has 0 bridgehead atoms. The normalized spacial score (nSPS) is 20.8. The first-order chi connectivity index (χ1) is 13.2. The van der Waals surface area contributed by atoms with Gasteiger partial charge in [0.25, 0.3) is 0 Å². The molecule has 1 saturated heterocycles. The summed E-state index contributed by atoms with van der Waals surface area (Å²) in [5.74, 6) is 1.60. The largest absolute Gasteiger partial charge is 0.382 e. The monoisotopic (exact) mass is 521 g/mol. The second kappa shape index (κ2) is 11.6. The van der Waals surface area contributed by atoms with E-state index < -0.39 is 0 Å². The maximum Gasteiger partial charge on any atom is 0.193 e. The molecule has 0 aromatic heterocycles. The molecule has 0 amide bonds. The van der Waals surface area contributed by atoms with Crippen LogP contribution in [-0.2, 0) is 14.9 Å². The van der Waals surface area contributed by atoms with Crippen LogP contribution >= 0.6 is 35.6 Å². The predicted octanol–water partition coefficient (Wildman–Crippen LogP) is 3.94. The fraction of sp³-hybridized carbons (Fsp3) is 0.667. The predicted molar refractivity (Wildman–Crippen MR) is 126 cm³/mol. The molecular formula is C21H33ClIN3O2. The molecule has 1 aromatic rings. The summed E-state index contributed by atoms with van der Waals surface area (Å²) in [6, 6.07) is 8.26. The third kappa shape index (κ3) is 6.47. The first kappa shape index (κ1) is 23.7. The second-order valence-corrected chi connectivity index (χ2v) is 8.07. The van der Waals surface area contributed by atoms with Gasteiger partial charge in [-0.25, -0.2) is 0 Å². The van der Waals surface area contributed by atoms with Crippen LogP contribution in [-0.4, -0.2) is 64.0 Å². The third-order valence-electron chi connectivity index (χ3n) is 5.53. The summed E-state index contributed by atoms with van der Waals surface area (Å²) in [4.78, 5) is 7.38. The maximum atomic E-state index is 6.20. The molecule has 1 unspecified atom stereocenters. The van der Waals surface area contributed by atoms with E-state index in [1.54, 1.807) is 7.11 Å². The van der Waals surface area contributed by atoms with E-state index in [-0.39, 0.29) is 29.4 Å². The molecule has 1 aliphatic carbocycles. The number of nitrogens with zero attached hydrogens (tertiary/aromatic N) is 2. The van der Waals surface area contributed by atoms with E-state index in [0.29, 0.717) is 19.1 Å². The Morgan fingerprint density at radius 2 is 2.18 bits per heavy atom. The Bertz CT molecular complexity index is 640. The molecule has 7 heteroatoms. The Morgan fingerprint density at radius 3 is 2.86 bits per heavy atom. The average molecular weight is 522 g/mol. The van der Waals surface area contributed by atoms with Gasteiger partial charge in [-0.3, -0.25) is 4.99 Å². The number of benzene rings is 1. The van der Waals surface area contributed by atoms with Gasteiger partial charge in [0, 0.05) is 43.1 Å². The van der Waals surface area contributed by atoms with Crippen LogP contribution in [0.15, 0.2) is 29.3 Å². The van der Waals surface area contributed by atoms with Crippen molar-refractivity contribution in [2.75, 3.05) is 53.1 Å². The number of nitrogens with one attached hydrogen (secondary N) is 1. The zero-order valence-corrected chi connectivity index (χ0v) is 20.0. The van der Waals surface area contributed by atoms with Crippen LogP contribution in [0.5, 0.6) is 0 Å². The number of ether oxygens (including phenoxy) is 2. The van der Waals surface area contributed by atoms with Crippen LogP contribution in [0.2, 0.25) is 5.02 Å². The molecule has 1 N–H and O–H groups in total. The molecule has 5 nitrogen and oxygen atoms in total. The minimum absolute atomic E-state index is 0. The number of guanidine groups is 1. The highest BCUT2D eigenvalue weighted by Crippen LogP contribution is 2.48. The van der Waals surface area contributed by atoms with Gasteiger partial charge in [0.1, 0.15) is 0 Å². The molecule has 0 spiro atoms. The van der Waals surface area contributed by atoms with Gasteiger partial charge in [-0.1, -0.05) is 23.7 Å². The van der Waals surface area contributed by atoms with Crippen LogP contribution < -0.4 is 5.32 Å². The fourth-order valence-electron chi connectivity index (χ4n) is 3.71. The van der Waals surface area contributed by atoms with E-state index in [1.807, 2.05) is 12.1 Å². The van der Waals surface area contributed by atoms with Gasteiger partial charge < -0.3 is 19.7 Å². The number of likely N-dealkylation sites (tertiary alicyclic amines) is 1. The van der Waals surface area contributed by atoms with Crippen molar-refractivity contribution in [2.45, 2.75) is 31.6 Å². The highest BCUT2D eigenvalue weighted by molar-refractivity contribution is 14.0. The zero-order valence-electron chi connectivity index (χ0n) is 17.0. The van der Waals surface area contributed by atoms with Crippen molar-refractivity contribution in [1.29, 1.82) is 0 Å². The van der Waals surface area contributed by atoms with E-state index in [9.17, 15) is 0 Å². The highest BCUT2D eigenvalue weighted by Gasteiger charge is 2.44. The van der Waals surface area contributed by atoms with Gasteiger partial charge >= 0.3 is 0 Å². The van der Waals surface area contributed by atoms with Crippen molar-refractivity contribution in [3.63, 3.8) is 0 Å². The molecule has 2 aliphatic rings. The number of hydrogen-bond acceptors (Lipinski definition) is 3. The summed E-state index contributed by atoms with van der Waals surface area (Å²) in [5.41, 5.74) is 1.49. The van der Waals surface area contributed by atoms with Gasteiger partial charge in [0.15, 0.2) is 5.96 Å². The van der Waals surface area contributed by atoms with E-state index in [1.165, 1.54) is 18.4 Å². The molecule has 1 aliphatic heterocycles. The third-order valence-corrected chi connectivity index (χ3v) is 5.76. The summed E-state index contributed by atoms with van der Waals surface area (Å²) in [5, 5.41) is 4.28. The Morgan fingerprint density at radius 1 is 1.36 bits per heavy atom. The Labute approximate surface area is 191 Å². The lowest BCUT2D eigenvalue weighted by molar-refractivity contribution is 0.0536. The molecule has 1 saturated carbocycles. The average Bonchev–Trinajstić information content (AvgIpc) is 3.32. The SMILES string of the molecule is CCNC(=NCC1(c2cccc(Cl)c2)CC1)N1CCC(COCCOC)C1.I. The summed E-state index contributed by atoms with van der Waals surface area (Å²) >= 11 is 6.20. The smallest absolute Gasteiger partial charge is 0.193 e. The van der Waals surface area contributed by atoms with Crippen LogP contribution in [0.4, 0.5) is 0 Å². The number of hydrogen-bond donors (Lipinski definition) is 1. The quantitative estimate of drug-likeness (QED) is 0.231. The number of aliphatic imine (C=N–C) groups is 1. The van der Waals surface area contributed by atoms with Gasteiger partial charge in [-0.2, -0.15) is 0 Å². The fourth-order valence-corrected chi connectivity index (χ4v) is 3.90. The molecule has 1 heterocycles. The topological polar surface area (TPSA) is 46.1 Å². The van der Waals surface area contributed by atoms with Gasteiger partial charge in [0.2, 0.25) is 0 Å². The first-order valence-corrected chi connectivity index (χ1v) is 10.4. The molecule has 2 fully saturated rings. The number of rotatable bonds is 9. The van der Waals surface area contributed by atoms with Crippen LogP contribution in [0.25, 0.3) is 0 Å². The van der Waals surface area contributed by atoms with E-state index >= 15 is 0 Å². The van der Waals surface area contributed by atoms with Crippen LogP contribution in [0.3, 0.4) is 0 Å². The standard InChI is InChI=1S/C21H32ClN3O2.HI/c1-3-23-20(25-10-7-17(14-25)15-27-12-11-26-2)24-16-21(8-9-21)18-5-4-6-19(22)13-18;/h4-6,13,17H,3,7-12,14-16H2,1-2H3,(H,23,24);1H. The molecule has 1 aromatic carbocycles. The maximum absolute atomic E-state index is 6.20. The lowest BCUT2D eigenvalue weighted by atomic mass is 9.96. The van der Waals surface area contributed by atoms with Gasteiger partial charge in [-0.05, 0) is 43.9 Å². The molecule has 158 valence electrons. The van der Waals surface area contributed by atoms with Gasteiger partial charge in [0.05, 0.1) is 26.4 Å². The van der Waals surface area contributed by atoms with Crippen molar-refractivity contribution in [2.24, 2.45) is 10.9 Å². The van der Waals surface area contributed by atoms with Crippen LogP contribution in [0.1, 0.15) is 31.7 Å². The summed E-state index contributed by atoms with van der Waals surface area (Å²) in [7, 11) is 1.70. The highest BCUT2D eigenvalue weighted by atomic mass is 127. The first-order valence-electron chi connectivity index (χ1n) is 10.0. The van der Waals surface area contributed by atoms with Crippen molar-refractivity contribution in [3.8, 4) is 0 Å².